The van der Waals surface area contributed by atoms with Crippen LogP contribution in [0, 0.1) is 25.2 Å². The number of pyridine rings is 2. The summed E-state index contributed by atoms with van der Waals surface area (Å²) in [6.07, 6.45) is 1.12. The van der Waals surface area contributed by atoms with Gasteiger partial charge in [-0.2, -0.15) is 5.26 Å². The summed E-state index contributed by atoms with van der Waals surface area (Å²) in [5.41, 5.74) is 2.96. The van der Waals surface area contributed by atoms with Gasteiger partial charge in [-0.1, -0.05) is 0 Å². The van der Waals surface area contributed by atoms with Crippen LogP contribution in [0.1, 0.15) is 44.6 Å². The Morgan fingerprint density at radius 2 is 2.00 bits per heavy atom. The number of hydrogen-bond donors (Lipinski definition) is 3. The molecule has 0 fully saturated rings. The third kappa shape index (κ3) is 7.30. The molecule has 0 aliphatic heterocycles. The van der Waals surface area contributed by atoms with Crippen molar-refractivity contribution in [1.29, 1.82) is 5.26 Å². The highest BCUT2D eigenvalue weighted by Crippen LogP contribution is 2.22. The van der Waals surface area contributed by atoms with E-state index in [0.717, 1.165) is 11.3 Å². The molecule has 29 heavy (non-hydrogen) atoms. The summed E-state index contributed by atoms with van der Waals surface area (Å²) in [5, 5.41) is 18.5. The molecule has 2 rings (SSSR count). The average Bonchev–Trinajstić information content (AvgIpc) is 2.57. The molecule has 0 aromatic carbocycles. The van der Waals surface area contributed by atoms with Gasteiger partial charge in [0.2, 0.25) is 0 Å². The van der Waals surface area contributed by atoms with Crippen LogP contribution in [0.25, 0.3) is 0 Å². The zero-order chi connectivity index (χ0) is 21.6. The first-order valence-corrected chi connectivity index (χ1v) is 9.41. The first-order chi connectivity index (χ1) is 13.6. The van der Waals surface area contributed by atoms with Gasteiger partial charge in [0.15, 0.2) is 5.69 Å². The number of nitrogens with zero attached hydrogens (tertiary/aromatic N) is 3. The lowest BCUT2D eigenvalue weighted by Gasteiger charge is -2.22. The summed E-state index contributed by atoms with van der Waals surface area (Å²) < 4.78 is 5.25. The SMILES string of the molecule is Cc1cc(C)nc(Nc2cc(NC[C@H](C)NC(=O)OC(C)(C)C)cnc2C#N)c1. The lowest BCUT2D eigenvalue weighted by atomic mass is 10.2. The van der Waals surface area contributed by atoms with Gasteiger partial charge in [-0.25, -0.2) is 14.8 Å². The van der Waals surface area contributed by atoms with Crippen LogP contribution in [0.3, 0.4) is 0 Å². The number of nitriles is 1. The minimum Gasteiger partial charge on any atom is -0.444 e. The van der Waals surface area contributed by atoms with E-state index in [9.17, 15) is 10.1 Å². The Bertz CT molecular complexity index is 894. The van der Waals surface area contributed by atoms with Gasteiger partial charge in [0.1, 0.15) is 17.5 Å². The van der Waals surface area contributed by atoms with Gasteiger partial charge < -0.3 is 20.7 Å². The maximum Gasteiger partial charge on any atom is 0.407 e. The van der Waals surface area contributed by atoms with E-state index in [1.165, 1.54) is 0 Å². The second kappa shape index (κ2) is 9.24. The van der Waals surface area contributed by atoms with Gasteiger partial charge in [-0.15, -0.1) is 0 Å². The Balaban J connectivity index is 2.04. The van der Waals surface area contributed by atoms with Crippen LogP contribution in [0.2, 0.25) is 0 Å². The molecular weight excluding hydrogens is 368 g/mol. The van der Waals surface area contributed by atoms with Crippen LogP contribution >= 0.6 is 0 Å². The number of carbonyl (C=O) groups excluding carboxylic acids is 1. The van der Waals surface area contributed by atoms with Crippen molar-refractivity contribution in [3.63, 3.8) is 0 Å². The molecule has 3 N–H and O–H groups in total. The molecular formula is C21H28N6O2. The molecule has 1 amide bonds. The number of aromatic nitrogens is 2. The van der Waals surface area contributed by atoms with E-state index in [1.807, 2.05) is 53.7 Å². The van der Waals surface area contributed by atoms with E-state index < -0.39 is 11.7 Å². The Morgan fingerprint density at radius 1 is 1.28 bits per heavy atom. The van der Waals surface area contributed by atoms with Crippen LogP contribution in [0.15, 0.2) is 24.4 Å². The fourth-order valence-electron chi connectivity index (χ4n) is 2.62. The number of hydrogen-bond acceptors (Lipinski definition) is 7. The number of anilines is 3. The van der Waals surface area contributed by atoms with Gasteiger partial charge >= 0.3 is 6.09 Å². The summed E-state index contributed by atoms with van der Waals surface area (Å²) in [6.45, 7) is 11.7. The molecule has 0 aliphatic rings. The predicted molar refractivity (Wildman–Crippen MR) is 113 cm³/mol. The Morgan fingerprint density at radius 3 is 2.62 bits per heavy atom. The summed E-state index contributed by atoms with van der Waals surface area (Å²) in [6, 6.07) is 7.59. The van der Waals surface area contributed by atoms with E-state index in [4.69, 9.17) is 4.74 Å². The molecule has 2 aromatic rings. The second-order valence-electron chi connectivity index (χ2n) is 7.96. The highest BCUT2D eigenvalue weighted by molar-refractivity contribution is 5.69. The lowest BCUT2D eigenvalue weighted by molar-refractivity contribution is 0.0511. The number of ether oxygens (including phenoxy) is 1. The van der Waals surface area contributed by atoms with Gasteiger partial charge in [-0.05, 0) is 65.3 Å². The summed E-state index contributed by atoms with van der Waals surface area (Å²) >= 11 is 0. The summed E-state index contributed by atoms with van der Waals surface area (Å²) in [7, 11) is 0. The highest BCUT2D eigenvalue weighted by atomic mass is 16.6. The van der Waals surface area contributed by atoms with Crippen LogP contribution in [-0.2, 0) is 4.74 Å². The number of rotatable bonds is 6. The van der Waals surface area contributed by atoms with Crippen molar-refractivity contribution in [2.24, 2.45) is 0 Å². The topological polar surface area (TPSA) is 112 Å². The summed E-state index contributed by atoms with van der Waals surface area (Å²) in [5.74, 6) is 0.651. The fraction of sp³-hybridized carbons (Fsp3) is 0.429. The molecule has 0 radical (unpaired) electrons. The van der Waals surface area contributed by atoms with E-state index in [2.05, 4.69) is 32.0 Å². The molecule has 8 heteroatoms. The monoisotopic (exact) mass is 396 g/mol. The molecule has 154 valence electrons. The zero-order valence-corrected chi connectivity index (χ0v) is 17.8. The van der Waals surface area contributed by atoms with Crippen LogP contribution in [0.5, 0.6) is 0 Å². The van der Waals surface area contributed by atoms with E-state index >= 15 is 0 Å². The lowest BCUT2D eigenvalue weighted by Crippen LogP contribution is -2.40. The van der Waals surface area contributed by atoms with E-state index in [-0.39, 0.29) is 11.7 Å². The van der Waals surface area contributed by atoms with Crippen molar-refractivity contribution >= 4 is 23.3 Å². The van der Waals surface area contributed by atoms with Crippen molar-refractivity contribution in [2.45, 2.75) is 53.2 Å². The zero-order valence-electron chi connectivity index (χ0n) is 17.8. The van der Waals surface area contributed by atoms with Gasteiger partial charge in [0, 0.05) is 18.3 Å². The molecule has 0 bridgehead atoms. The minimum atomic E-state index is -0.545. The minimum absolute atomic E-state index is 0.169. The van der Waals surface area contributed by atoms with E-state index in [1.54, 1.807) is 12.3 Å². The predicted octanol–water partition coefficient (Wildman–Crippen LogP) is 4.03. The molecule has 0 aliphatic carbocycles. The largest absolute Gasteiger partial charge is 0.444 e. The van der Waals surface area contributed by atoms with Crippen molar-refractivity contribution in [1.82, 2.24) is 15.3 Å². The van der Waals surface area contributed by atoms with Crippen LogP contribution in [-0.4, -0.2) is 34.2 Å². The Kier molecular flexibility index (Phi) is 6.99. The molecule has 0 saturated heterocycles. The molecule has 1 atom stereocenters. The van der Waals surface area contributed by atoms with Crippen molar-refractivity contribution < 1.29 is 9.53 Å². The fourth-order valence-corrected chi connectivity index (χ4v) is 2.62. The normalized spacial score (nSPS) is 11.9. The first-order valence-electron chi connectivity index (χ1n) is 9.41. The number of carbonyl (C=O) groups is 1. The third-order valence-electron chi connectivity index (χ3n) is 3.73. The molecule has 8 nitrogen and oxygen atoms in total. The third-order valence-corrected chi connectivity index (χ3v) is 3.73. The maximum absolute atomic E-state index is 11.8. The Labute approximate surface area is 171 Å². The first kappa shape index (κ1) is 22.0. The second-order valence-corrected chi connectivity index (χ2v) is 7.96. The van der Waals surface area contributed by atoms with Crippen molar-refractivity contribution in [3.05, 3.63) is 41.3 Å². The smallest absolute Gasteiger partial charge is 0.407 e. The number of nitrogens with one attached hydrogen (secondary N) is 3. The average molecular weight is 396 g/mol. The van der Waals surface area contributed by atoms with E-state index in [0.29, 0.717) is 23.7 Å². The van der Waals surface area contributed by atoms with Gasteiger partial charge in [0.05, 0.1) is 17.6 Å². The molecule has 0 unspecified atom stereocenters. The van der Waals surface area contributed by atoms with Gasteiger partial charge in [0.25, 0.3) is 0 Å². The standard InChI is InChI=1S/C21H28N6O2/c1-13-7-14(2)25-19(8-13)27-17-9-16(12-24-18(17)10-22)23-11-15(3)26-20(28)29-21(4,5)6/h7-9,12,15,23H,11H2,1-6H3,(H,25,27)(H,26,28)/t15-/m0/s1. The van der Waals surface area contributed by atoms with Crippen molar-refractivity contribution in [3.8, 4) is 6.07 Å². The number of amides is 1. The quantitative estimate of drug-likeness (QED) is 0.675. The van der Waals surface area contributed by atoms with Crippen molar-refractivity contribution in [2.75, 3.05) is 17.2 Å². The van der Waals surface area contributed by atoms with Crippen LogP contribution in [0.4, 0.5) is 22.0 Å². The molecule has 2 aromatic heterocycles. The summed E-state index contributed by atoms with van der Waals surface area (Å²) in [4.78, 5) is 20.5. The van der Waals surface area contributed by atoms with Crippen LogP contribution < -0.4 is 16.0 Å². The number of aryl methyl sites for hydroxylation is 2. The molecule has 0 saturated carbocycles. The maximum atomic E-state index is 11.8. The number of alkyl carbamates (subject to hydrolysis) is 1. The Hall–Kier alpha value is -3.34. The highest BCUT2D eigenvalue weighted by Gasteiger charge is 2.17. The molecule has 2 heterocycles. The molecule has 0 spiro atoms. The van der Waals surface area contributed by atoms with Gasteiger partial charge in [-0.3, -0.25) is 0 Å².